The summed E-state index contributed by atoms with van der Waals surface area (Å²) in [6.07, 6.45) is 3.97. The van der Waals surface area contributed by atoms with Crippen molar-refractivity contribution in [1.82, 2.24) is 4.98 Å². The Morgan fingerprint density at radius 1 is 0.778 bits per heavy atom. The smallest absolute Gasteiger partial charge is 0.496 e. The highest BCUT2D eigenvalue weighted by molar-refractivity contribution is 6.13. The van der Waals surface area contributed by atoms with E-state index in [1.807, 2.05) is 42.7 Å². The lowest BCUT2D eigenvalue weighted by Gasteiger charge is -2.27. The molecule has 230 valence electrons. The van der Waals surface area contributed by atoms with Crippen LogP contribution in [-0.4, -0.2) is 25.6 Å². The van der Waals surface area contributed by atoms with Gasteiger partial charge < -0.3 is 14.2 Å². The number of aromatic nitrogens is 1. The van der Waals surface area contributed by atoms with Gasteiger partial charge in [-0.2, -0.15) is 0 Å². The normalized spacial score (nSPS) is 14.5. The van der Waals surface area contributed by atoms with E-state index in [2.05, 4.69) is 46.1 Å². The van der Waals surface area contributed by atoms with Crippen LogP contribution in [0.5, 0.6) is 17.2 Å². The summed E-state index contributed by atoms with van der Waals surface area (Å²) in [5.41, 5.74) is 3.74. The number of nitrogens with zero attached hydrogens (tertiary/aromatic N) is 1. The molecule has 4 nitrogen and oxygen atoms in total. The van der Waals surface area contributed by atoms with Crippen LogP contribution in [0, 0.1) is 0 Å². The van der Waals surface area contributed by atoms with E-state index in [1.165, 1.54) is 44.8 Å². The van der Waals surface area contributed by atoms with Gasteiger partial charge in [-0.1, -0.05) is 60.7 Å². The van der Waals surface area contributed by atoms with Crippen molar-refractivity contribution in [1.29, 1.82) is 0 Å². The highest BCUT2D eigenvalue weighted by Crippen LogP contribution is 2.44. The first-order valence-corrected chi connectivity index (χ1v) is 15.1. The molecule has 0 saturated heterocycles. The largest absolute Gasteiger partial charge is 0.573 e. The van der Waals surface area contributed by atoms with Crippen LogP contribution in [0.15, 0.2) is 103 Å². The van der Waals surface area contributed by atoms with Crippen molar-refractivity contribution < 1.29 is 27.4 Å². The van der Waals surface area contributed by atoms with Gasteiger partial charge in [0.05, 0.1) is 19.6 Å². The molecule has 5 aromatic carbocycles. The van der Waals surface area contributed by atoms with Crippen LogP contribution in [-0.2, 0) is 12.8 Å². The van der Waals surface area contributed by atoms with Gasteiger partial charge in [-0.05, 0) is 112 Å². The monoisotopic (exact) mass is 609 g/mol. The summed E-state index contributed by atoms with van der Waals surface area (Å²) >= 11 is 0. The van der Waals surface area contributed by atoms with Crippen molar-refractivity contribution in [3.05, 3.63) is 120 Å². The van der Waals surface area contributed by atoms with Crippen molar-refractivity contribution in [2.24, 2.45) is 0 Å². The standard InChI is InChI=1S/C29H27F3O3.C9H7N/c1-33-26-8-4-7-24-23-16-15-21-19(5-3-6-22(21)25(23)17-27(34-2)28(24)26)12-9-18-10-13-20(14-11-18)35-29(30,31)32;1-2-4-9-7-10-6-5-8(9)3-1/h4,7-8,10-11,13-17,19H,3,5-6,9,12H2,1-2H3;1-7H/t19-;/m0./s1. The number of methoxy groups -OCH3 is 2. The summed E-state index contributed by atoms with van der Waals surface area (Å²) in [5.74, 6) is 1.82. The molecule has 0 unspecified atom stereocenters. The zero-order chi connectivity index (χ0) is 31.4. The molecule has 45 heavy (non-hydrogen) atoms. The number of rotatable bonds is 6. The lowest BCUT2D eigenvalue weighted by molar-refractivity contribution is -0.274. The van der Waals surface area contributed by atoms with Crippen molar-refractivity contribution >= 4 is 32.3 Å². The van der Waals surface area contributed by atoms with Gasteiger partial charge in [-0.3, -0.25) is 4.98 Å². The van der Waals surface area contributed by atoms with E-state index in [4.69, 9.17) is 9.47 Å². The molecule has 7 rings (SSSR count). The van der Waals surface area contributed by atoms with Crippen molar-refractivity contribution in [2.45, 2.75) is 44.4 Å². The summed E-state index contributed by atoms with van der Waals surface area (Å²) < 4.78 is 52.6. The number of aryl methyl sites for hydroxylation is 2. The van der Waals surface area contributed by atoms with Gasteiger partial charge in [-0.15, -0.1) is 13.2 Å². The molecule has 0 radical (unpaired) electrons. The maximum Gasteiger partial charge on any atom is 0.573 e. The van der Waals surface area contributed by atoms with Crippen molar-refractivity contribution in [3.8, 4) is 17.2 Å². The lowest BCUT2D eigenvalue weighted by Crippen LogP contribution is -2.17. The van der Waals surface area contributed by atoms with Crippen LogP contribution in [0.2, 0.25) is 0 Å². The Balaban J connectivity index is 0.000000301. The number of halogens is 3. The molecule has 1 atom stereocenters. The molecule has 0 fully saturated rings. The molecule has 0 spiro atoms. The number of hydrogen-bond acceptors (Lipinski definition) is 4. The van der Waals surface area contributed by atoms with Crippen LogP contribution < -0.4 is 14.2 Å². The summed E-state index contributed by atoms with van der Waals surface area (Å²) in [6.45, 7) is 0. The SMILES string of the molecule is COc1cccc2c1c(OC)cc1c3c(ccc12)[C@H](CCc1ccc(OC(F)(F)F)cc1)CCC3.c1ccc2cnccc2c1. The Morgan fingerprint density at radius 3 is 2.29 bits per heavy atom. The van der Waals surface area contributed by atoms with E-state index in [-0.39, 0.29) is 5.75 Å². The first-order chi connectivity index (χ1) is 21.8. The molecule has 1 aliphatic rings. The molecular formula is C38H34F3NO3. The fourth-order valence-electron chi connectivity index (χ4n) is 6.49. The fraction of sp³-hybridized carbons (Fsp3) is 0.237. The van der Waals surface area contributed by atoms with Crippen LogP contribution in [0.3, 0.4) is 0 Å². The quantitative estimate of drug-likeness (QED) is 0.176. The maximum atomic E-state index is 12.4. The fourth-order valence-corrected chi connectivity index (χ4v) is 6.49. The molecule has 0 amide bonds. The highest BCUT2D eigenvalue weighted by Gasteiger charge is 2.31. The van der Waals surface area contributed by atoms with Gasteiger partial charge in [-0.25, -0.2) is 0 Å². The number of benzene rings is 5. The predicted molar refractivity (Wildman–Crippen MR) is 173 cm³/mol. The van der Waals surface area contributed by atoms with Crippen LogP contribution >= 0.6 is 0 Å². The molecule has 1 heterocycles. The molecule has 0 bridgehead atoms. The second kappa shape index (κ2) is 13.1. The maximum absolute atomic E-state index is 12.4. The summed E-state index contributed by atoms with van der Waals surface area (Å²) in [7, 11) is 3.36. The number of ether oxygens (including phenoxy) is 3. The molecule has 1 aromatic heterocycles. The molecule has 1 aliphatic carbocycles. The van der Waals surface area contributed by atoms with Crippen molar-refractivity contribution in [3.63, 3.8) is 0 Å². The Kier molecular flexibility index (Phi) is 8.78. The van der Waals surface area contributed by atoms with E-state index in [0.717, 1.165) is 59.9 Å². The number of fused-ring (bicyclic) bond motifs is 6. The first-order valence-electron chi connectivity index (χ1n) is 15.1. The van der Waals surface area contributed by atoms with E-state index >= 15 is 0 Å². The highest BCUT2D eigenvalue weighted by atomic mass is 19.4. The van der Waals surface area contributed by atoms with Crippen LogP contribution in [0.25, 0.3) is 32.3 Å². The van der Waals surface area contributed by atoms with Crippen molar-refractivity contribution in [2.75, 3.05) is 14.2 Å². The Hall–Kier alpha value is -4.78. The molecule has 6 aromatic rings. The average molecular weight is 610 g/mol. The van der Waals surface area contributed by atoms with Gasteiger partial charge >= 0.3 is 6.36 Å². The zero-order valence-corrected chi connectivity index (χ0v) is 25.2. The van der Waals surface area contributed by atoms with Gasteiger partial charge in [0.1, 0.15) is 17.2 Å². The second-order valence-electron chi connectivity index (χ2n) is 11.2. The van der Waals surface area contributed by atoms with E-state index in [0.29, 0.717) is 5.92 Å². The second-order valence-corrected chi connectivity index (χ2v) is 11.2. The van der Waals surface area contributed by atoms with E-state index in [1.54, 1.807) is 26.4 Å². The third kappa shape index (κ3) is 6.68. The molecule has 0 aliphatic heterocycles. The Morgan fingerprint density at radius 2 is 1.56 bits per heavy atom. The van der Waals surface area contributed by atoms with Gasteiger partial charge in [0.25, 0.3) is 0 Å². The van der Waals surface area contributed by atoms with Crippen LogP contribution in [0.4, 0.5) is 13.2 Å². The van der Waals surface area contributed by atoms with E-state index < -0.39 is 6.36 Å². The molecule has 0 N–H and O–H groups in total. The first kappa shape index (κ1) is 30.3. The topological polar surface area (TPSA) is 40.6 Å². The zero-order valence-electron chi connectivity index (χ0n) is 25.2. The minimum Gasteiger partial charge on any atom is -0.496 e. The van der Waals surface area contributed by atoms with Gasteiger partial charge in [0.2, 0.25) is 0 Å². The predicted octanol–water partition coefficient (Wildman–Crippen LogP) is 10.2. The minimum absolute atomic E-state index is 0.187. The third-order valence-corrected chi connectivity index (χ3v) is 8.58. The number of pyridine rings is 1. The Labute approximate surface area is 260 Å². The summed E-state index contributed by atoms with van der Waals surface area (Å²) in [4.78, 5) is 4.01. The van der Waals surface area contributed by atoms with Gasteiger partial charge in [0.15, 0.2) is 0 Å². The third-order valence-electron chi connectivity index (χ3n) is 8.58. The summed E-state index contributed by atoms with van der Waals surface area (Å²) in [6, 6.07) is 29.1. The number of hydrogen-bond donors (Lipinski definition) is 0. The molecular weight excluding hydrogens is 575 g/mol. The summed E-state index contributed by atoms with van der Waals surface area (Å²) in [5, 5.41) is 6.96. The van der Waals surface area contributed by atoms with E-state index in [9.17, 15) is 13.2 Å². The van der Waals surface area contributed by atoms with Crippen LogP contribution in [0.1, 0.15) is 41.9 Å². The van der Waals surface area contributed by atoms with Gasteiger partial charge in [0, 0.05) is 12.4 Å². The average Bonchev–Trinajstić information content (AvgIpc) is 3.06. The molecule has 7 heteroatoms. The minimum atomic E-state index is -4.67. The lowest BCUT2D eigenvalue weighted by atomic mass is 9.77. The molecule has 0 saturated carbocycles. The number of alkyl halides is 3. The Bertz CT molecular complexity index is 1870.